The van der Waals surface area contributed by atoms with E-state index in [0.717, 1.165) is 0 Å². The molecule has 2 rings (SSSR count). The molecule has 13 atom stereocenters. The van der Waals surface area contributed by atoms with E-state index in [2.05, 4.69) is 21.3 Å². The lowest BCUT2D eigenvalue weighted by molar-refractivity contribution is -0.160. The summed E-state index contributed by atoms with van der Waals surface area (Å²) in [5.41, 5.74) is 0. The highest BCUT2D eigenvalue weighted by molar-refractivity contribution is 6.00. The quantitative estimate of drug-likeness (QED) is 0.219. The molecule has 0 aromatic rings. The van der Waals surface area contributed by atoms with Crippen LogP contribution in [-0.2, 0) is 57.5 Å². The summed E-state index contributed by atoms with van der Waals surface area (Å²) in [7, 11) is 10.2. The fourth-order valence-electron chi connectivity index (χ4n) is 11.4. The molecule has 4 N–H and O–H groups in total. The second-order valence-corrected chi connectivity index (χ2v) is 26.7. The molecule has 0 radical (unpaired) electrons. The van der Waals surface area contributed by atoms with Gasteiger partial charge in [0, 0.05) is 55.9 Å². The number of hydrogen-bond donors (Lipinski definition) is 4. The summed E-state index contributed by atoms with van der Waals surface area (Å²) in [5.74, 6) is -8.63. The summed E-state index contributed by atoms with van der Waals surface area (Å²) in [6.07, 6.45) is 1.34. The average molecular weight is 1200 g/mol. The van der Waals surface area contributed by atoms with Gasteiger partial charge in [-0.1, -0.05) is 96.9 Å². The topological polar surface area (TPSA) is 268 Å². The molecule has 486 valence electrons. The number of likely N-dealkylation sites (N-methyl/N-ethyl adjacent to an activating group) is 7. The number of rotatable bonds is 12. The molecule has 2 saturated heterocycles. The minimum atomic E-state index is -1.30. The lowest BCUT2D eigenvalue weighted by Gasteiger charge is -2.43. The Hall–Kier alpha value is -5.87. The summed E-state index contributed by atoms with van der Waals surface area (Å²) >= 11 is 0. The van der Waals surface area contributed by atoms with Gasteiger partial charge < -0.3 is 60.3 Å². The van der Waals surface area contributed by atoms with Crippen molar-refractivity contribution < 1.29 is 57.5 Å². The number of ether oxygens (including phenoxy) is 1. The first-order valence-electron chi connectivity index (χ1n) is 31.0. The van der Waals surface area contributed by atoms with Crippen molar-refractivity contribution in [3.8, 4) is 0 Å². The zero-order chi connectivity index (χ0) is 65.6. The Morgan fingerprint density at radius 2 is 0.847 bits per heavy atom. The van der Waals surface area contributed by atoms with Gasteiger partial charge in [0.05, 0.1) is 6.10 Å². The highest BCUT2D eigenvalue weighted by Crippen LogP contribution is 2.29. The zero-order valence-electron chi connectivity index (χ0n) is 56.2. The van der Waals surface area contributed by atoms with E-state index in [1.165, 1.54) is 104 Å². The van der Waals surface area contributed by atoms with E-state index in [1.807, 2.05) is 62.3 Å². The molecule has 2 fully saturated rings. The average Bonchev–Trinajstić information content (AvgIpc) is 2.98. The maximum Gasteiger partial charge on any atom is 0.246 e. The van der Waals surface area contributed by atoms with Crippen molar-refractivity contribution in [1.29, 1.82) is 0 Å². The van der Waals surface area contributed by atoms with Crippen LogP contribution in [-0.4, -0.2) is 228 Å². The van der Waals surface area contributed by atoms with Crippen LogP contribution in [0.5, 0.6) is 0 Å². The van der Waals surface area contributed by atoms with Gasteiger partial charge in [0.25, 0.3) is 0 Å². The molecule has 0 spiro atoms. The minimum Gasteiger partial charge on any atom is -0.375 e. The van der Waals surface area contributed by atoms with Gasteiger partial charge in [-0.2, -0.15) is 0 Å². The summed E-state index contributed by atoms with van der Waals surface area (Å²) in [6, 6.07) is -12.9. The summed E-state index contributed by atoms with van der Waals surface area (Å²) in [5, 5.41) is 11.2. The van der Waals surface area contributed by atoms with Gasteiger partial charge in [0.1, 0.15) is 66.5 Å². The Kier molecular flexibility index (Phi) is 29.5. The largest absolute Gasteiger partial charge is 0.375 e. The third-order valence-electron chi connectivity index (χ3n) is 16.9. The van der Waals surface area contributed by atoms with Crippen LogP contribution >= 0.6 is 0 Å². The highest BCUT2D eigenvalue weighted by Gasteiger charge is 2.47. The van der Waals surface area contributed by atoms with Crippen molar-refractivity contribution in [2.24, 2.45) is 41.4 Å². The first kappa shape index (κ1) is 75.2. The Balaban J connectivity index is 2.97. The molecule has 0 saturated carbocycles. The van der Waals surface area contributed by atoms with Crippen LogP contribution in [0, 0.1) is 41.4 Å². The maximum absolute atomic E-state index is 15.3. The van der Waals surface area contributed by atoms with Crippen molar-refractivity contribution in [1.82, 2.24) is 55.6 Å². The van der Waals surface area contributed by atoms with Crippen molar-refractivity contribution in [2.75, 3.05) is 55.9 Å². The second-order valence-electron chi connectivity index (χ2n) is 26.7. The first-order chi connectivity index (χ1) is 39.3. The number of amides is 11. The smallest absolute Gasteiger partial charge is 0.246 e. The lowest BCUT2D eigenvalue weighted by Crippen LogP contribution is -2.64. The third kappa shape index (κ3) is 19.8. The van der Waals surface area contributed by atoms with Gasteiger partial charge in [0.2, 0.25) is 65.0 Å². The summed E-state index contributed by atoms with van der Waals surface area (Å²) in [6.45, 7) is 30.4. The van der Waals surface area contributed by atoms with Crippen molar-refractivity contribution in [3.05, 3.63) is 0 Å². The van der Waals surface area contributed by atoms with Crippen LogP contribution in [0.2, 0.25) is 0 Å². The Morgan fingerprint density at radius 1 is 0.424 bits per heavy atom. The molecule has 85 heavy (non-hydrogen) atoms. The van der Waals surface area contributed by atoms with Crippen LogP contribution in [0.25, 0.3) is 0 Å². The predicted octanol–water partition coefficient (Wildman–Crippen LogP) is 3.51. The zero-order valence-corrected chi connectivity index (χ0v) is 56.2. The van der Waals surface area contributed by atoms with Crippen LogP contribution < -0.4 is 21.3 Å². The molecule has 2 aliphatic rings. The van der Waals surface area contributed by atoms with Crippen molar-refractivity contribution in [2.45, 2.75) is 235 Å². The number of carbonyl (C=O) groups excluding carboxylic acids is 11. The monoisotopic (exact) mass is 1200 g/mol. The molecule has 0 unspecified atom stereocenters. The fraction of sp³-hybridized carbons (Fsp3) is 0.823. The van der Waals surface area contributed by atoms with E-state index in [1.54, 1.807) is 34.6 Å². The van der Waals surface area contributed by atoms with Gasteiger partial charge in [0.15, 0.2) is 0 Å². The number of nitrogens with zero attached hydrogens (tertiary/aromatic N) is 7. The van der Waals surface area contributed by atoms with Crippen LogP contribution in [0.4, 0.5) is 0 Å². The van der Waals surface area contributed by atoms with Gasteiger partial charge in [-0.05, 0) is 107 Å². The number of nitrogens with one attached hydrogen (secondary N) is 4. The van der Waals surface area contributed by atoms with E-state index in [9.17, 15) is 38.4 Å². The minimum absolute atomic E-state index is 0.0820. The predicted molar refractivity (Wildman–Crippen MR) is 327 cm³/mol. The second kappa shape index (κ2) is 33.3. The molecule has 2 heterocycles. The molecule has 2 aliphatic heterocycles. The Bertz CT molecular complexity index is 2330. The van der Waals surface area contributed by atoms with E-state index in [0.29, 0.717) is 19.4 Å². The Morgan fingerprint density at radius 3 is 1.29 bits per heavy atom. The molecule has 23 nitrogen and oxygen atoms in total. The highest BCUT2D eigenvalue weighted by atomic mass is 16.5. The summed E-state index contributed by atoms with van der Waals surface area (Å²) in [4.78, 5) is 170. The van der Waals surface area contributed by atoms with Crippen LogP contribution in [0.3, 0.4) is 0 Å². The maximum atomic E-state index is 15.3. The Labute approximate surface area is 508 Å². The van der Waals surface area contributed by atoms with Crippen LogP contribution in [0.15, 0.2) is 0 Å². The van der Waals surface area contributed by atoms with Gasteiger partial charge in [-0.3, -0.25) is 52.7 Å². The standard InChI is InChI=1S/C62H111N11O12/c1-25-43-58(80)67(18)42(17)57(79)68(19)45(30-34(4)5)54(76)66-48(37(10)11)61(83)69(20)44(29-33(2)3)53(75)63-40(15)52(74)64-41(16)56(78)70(21)46(31-35(6)7)59(81)71(22)47(32-36(8)9)60(82)72(23)49(38(12)13)62(84)73(24)50(55(77)65-43)51-39(14)27-26-28-85-51/h33-51H,25-32H2,1-24H3,(H,63,75)(H,64,74)(H,65,77)(H,66,76)/t39-,40-,41-,42-,43+,44-,45+,46-,47-,48-,49-,50+,51-/m1/s1. The van der Waals surface area contributed by atoms with E-state index < -0.39 is 149 Å². The van der Waals surface area contributed by atoms with Gasteiger partial charge in [-0.15, -0.1) is 0 Å². The molecule has 23 heteroatoms. The van der Waals surface area contributed by atoms with E-state index in [4.69, 9.17) is 4.74 Å². The number of carbonyl (C=O) groups is 11. The third-order valence-corrected chi connectivity index (χ3v) is 16.9. The van der Waals surface area contributed by atoms with E-state index in [-0.39, 0.29) is 61.7 Å². The van der Waals surface area contributed by atoms with Crippen LogP contribution in [0.1, 0.15) is 163 Å². The van der Waals surface area contributed by atoms with E-state index >= 15 is 14.4 Å². The first-order valence-corrected chi connectivity index (χ1v) is 31.0. The molecule has 0 aliphatic carbocycles. The SMILES string of the molecule is CC[C@@H]1NC(=O)[C@H]([C@@H]2OCCC[C@H]2C)N(C)C(=O)[C@@H](C(C)C)N(C)C(=O)[C@@H](CC(C)C)N(C)C(=O)[C@@H](CC(C)C)N(C)C(=O)[C@@H](C)NC(=O)[C@@H](C)NC(=O)[C@@H](CC(C)C)N(C)C(=O)[C@@H](C(C)C)NC(=O)[C@H](CC(C)C)N(C)C(=O)[C@@H](C)N(C)C1=O. The fourth-order valence-corrected chi connectivity index (χ4v) is 11.4. The number of hydrogen-bond acceptors (Lipinski definition) is 12. The van der Waals surface area contributed by atoms with Crippen molar-refractivity contribution >= 4 is 65.0 Å². The molecule has 0 aromatic carbocycles. The molecule has 11 amide bonds. The van der Waals surface area contributed by atoms with Gasteiger partial charge >= 0.3 is 0 Å². The molecule has 0 aromatic heterocycles. The van der Waals surface area contributed by atoms with Crippen molar-refractivity contribution in [3.63, 3.8) is 0 Å². The molecular formula is C62H111N11O12. The summed E-state index contributed by atoms with van der Waals surface area (Å²) < 4.78 is 6.30. The molecule has 0 bridgehead atoms. The lowest BCUT2D eigenvalue weighted by atomic mass is 9.89. The normalized spacial score (nSPS) is 29.7. The molecular weight excluding hydrogens is 1090 g/mol. The van der Waals surface area contributed by atoms with Gasteiger partial charge in [-0.25, -0.2) is 0 Å².